The second kappa shape index (κ2) is 10.9. The van der Waals surface area contributed by atoms with Crippen molar-refractivity contribution in [3.05, 3.63) is 51.1 Å². The van der Waals surface area contributed by atoms with Crippen molar-refractivity contribution in [1.29, 1.82) is 0 Å². The molecule has 0 heterocycles. The van der Waals surface area contributed by atoms with Gasteiger partial charge in [-0.3, -0.25) is 4.79 Å². The number of carbonyl (C=O) groups is 1. The third-order valence-electron chi connectivity index (χ3n) is 4.18. The lowest BCUT2D eigenvalue weighted by molar-refractivity contribution is -0.123. The zero-order valence-corrected chi connectivity index (χ0v) is 18.4. The lowest BCUT2D eigenvalue weighted by Crippen LogP contribution is -2.24. The molecule has 0 spiro atoms. The maximum atomic E-state index is 11.9. The second-order valence-electron chi connectivity index (χ2n) is 6.24. The SMILES string of the molecule is CCOc1cc(/C=N/NC(=O)COc2ccc(C(C)CC)cc2)cc(I)c1O. The van der Waals surface area contributed by atoms with Crippen LogP contribution in [0.1, 0.15) is 44.2 Å². The Bertz CT molecular complexity index is 822. The van der Waals surface area contributed by atoms with E-state index >= 15 is 0 Å². The second-order valence-corrected chi connectivity index (χ2v) is 7.40. The van der Waals surface area contributed by atoms with E-state index in [4.69, 9.17) is 9.47 Å². The standard InChI is InChI=1S/C21H25IN2O4/c1-4-14(3)16-6-8-17(9-7-16)28-13-20(25)24-23-12-15-10-18(22)21(26)19(11-15)27-5-2/h6-12,14,26H,4-5,13H2,1-3H3,(H,24,25)/b23-12+. The average molecular weight is 496 g/mol. The Morgan fingerprint density at radius 3 is 2.61 bits per heavy atom. The monoisotopic (exact) mass is 496 g/mol. The van der Waals surface area contributed by atoms with Crippen molar-refractivity contribution in [2.24, 2.45) is 5.10 Å². The molecule has 0 saturated heterocycles. The highest BCUT2D eigenvalue weighted by Gasteiger charge is 2.08. The van der Waals surface area contributed by atoms with Crippen LogP contribution in [0.4, 0.5) is 0 Å². The van der Waals surface area contributed by atoms with E-state index in [-0.39, 0.29) is 18.3 Å². The average Bonchev–Trinajstić information content (AvgIpc) is 2.70. The van der Waals surface area contributed by atoms with Crippen molar-refractivity contribution in [1.82, 2.24) is 5.43 Å². The van der Waals surface area contributed by atoms with Gasteiger partial charge in [-0.15, -0.1) is 0 Å². The lowest BCUT2D eigenvalue weighted by Gasteiger charge is -2.10. The molecule has 150 valence electrons. The highest BCUT2D eigenvalue weighted by atomic mass is 127. The van der Waals surface area contributed by atoms with Crippen molar-refractivity contribution in [3.63, 3.8) is 0 Å². The normalized spacial score (nSPS) is 12.0. The molecule has 0 aliphatic heterocycles. The Kier molecular flexibility index (Phi) is 8.56. The Balaban J connectivity index is 1.87. The van der Waals surface area contributed by atoms with Crippen LogP contribution >= 0.6 is 22.6 Å². The van der Waals surface area contributed by atoms with Gasteiger partial charge in [-0.25, -0.2) is 5.43 Å². The predicted molar refractivity (Wildman–Crippen MR) is 118 cm³/mol. The van der Waals surface area contributed by atoms with E-state index in [1.54, 1.807) is 12.1 Å². The van der Waals surface area contributed by atoms with Crippen LogP contribution in [0.3, 0.4) is 0 Å². The molecule has 1 atom stereocenters. The van der Waals surface area contributed by atoms with Gasteiger partial charge >= 0.3 is 0 Å². The van der Waals surface area contributed by atoms with Gasteiger partial charge < -0.3 is 14.6 Å². The van der Waals surface area contributed by atoms with Crippen LogP contribution in [0.15, 0.2) is 41.5 Å². The maximum Gasteiger partial charge on any atom is 0.277 e. The molecule has 2 aromatic rings. The summed E-state index contributed by atoms with van der Waals surface area (Å²) in [6, 6.07) is 11.2. The van der Waals surface area contributed by atoms with Gasteiger partial charge in [0, 0.05) is 0 Å². The van der Waals surface area contributed by atoms with E-state index in [1.807, 2.05) is 53.8 Å². The minimum atomic E-state index is -0.360. The van der Waals surface area contributed by atoms with E-state index in [1.165, 1.54) is 11.8 Å². The molecule has 0 aliphatic carbocycles. The van der Waals surface area contributed by atoms with Gasteiger partial charge in [0.1, 0.15) is 5.75 Å². The van der Waals surface area contributed by atoms with Gasteiger partial charge in [0.05, 0.1) is 16.4 Å². The van der Waals surface area contributed by atoms with Crippen LogP contribution in [0.5, 0.6) is 17.2 Å². The maximum absolute atomic E-state index is 11.9. The predicted octanol–water partition coefficient (Wildman–Crippen LogP) is 4.44. The molecule has 1 amide bonds. The summed E-state index contributed by atoms with van der Waals surface area (Å²) < 4.78 is 11.5. The van der Waals surface area contributed by atoms with E-state index < -0.39 is 0 Å². The first kappa shape index (κ1) is 22.0. The number of carbonyl (C=O) groups excluding carboxylic acids is 1. The molecule has 6 nitrogen and oxygen atoms in total. The number of benzene rings is 2. The largest absolute Gasteiger partial charge is 0.504 e. The summed E-state index contributed by atoms with van der Waals surface area (Å²) in [6.45, 7) is 6.48. The van der Waals surface area contributed by atoms with E-state index in [0.717, 1.165) is 6.42 Å². The van der Waals surface area contributed by atoms with Crippen molar-refractivity contribution >= 4 is 34.7 Å². The summed E-state index contributed by atoms with van der Waals surface area (Å²) >= 11 is 2.01. The van der Waals surface area contributed by atoms with Crippen molar-refractivity contribution < 1.29 is 19.4 Å². The number of halogens is 1. The number of ether oxygens (including phenoxy) is 2. The number of nitrogens with zero attached hydrogens (tertiary/aromatic N) is 1. The molecule has 0 fully saturated rings. The van der Waals surface area contributed by atoms with Gasteiger partial charge in [0.15, 0.2) is 18.1 Å². The number of phenols is 1. The van der Waals surface area contributed by atoms with Crippen molar-refractivity contribution in [2.45, 2.75) is 33.1 Å². The van der Waals surface area contributed by atoms with Crippen LogP contribution in [0.2, 0.25) is 0 Å². The summed E-state index contributed by atoms with van der Waals surface area (Å²) in [5.41, 5.74) is 4.38. The van der Waals surface area contributed by atoms with Crippen LogP contribution in [0.25, 0.3) is 0 Å². The van der Waals surface area contributed by atoms with Crippen LogP contribution in [-0.2, 0) is 4.79 Å². The fourth-order valence-corrected chi connectivity index (χ4v) is 3.05. The Morgan fingerprint density at radius 2 is 1.96 bits per heavy atom. The number of amides is 1. The summed E-state index contributed by atoms with van der Waals surface area (Å²) in [4.78, 5) is 11.9. The fraction of sp³-hybridized carbons (Fsp3) is 0.333. The summed E-state index contributed by atoms with van der Waals surface area (Å²) in [6.07, 6.45) is 2.57. The minimum absolute atomic E-state index is 0.0939. The molecule has 0 bridgehead atoms. The molecule has 2 aromatic carbocycles. The zero-order chi connectivity index (χ0) is 20.5. The lowest BCUT2D eigenvalue weighted by atomic mass is 9.99. The number of hydrogen-bond acceptors (Lipinski definition) is 5. The molecule has 28 heavy (non-hydrogen) atoms. The molecular weight excluding hydrogens is 471 g/mol. The van der Waals surface area contributed by atoms with Gasteiger partial charge in [-0.1, -0.05) is 26.0 Å². The highest BCUT2D eigenvalue weighted by molar-refractivity contribution is 14.1. The Morgan fingerprint density at radius 1 is 1.25 bits per heavy atom. The first-order valence-electron chi connectivity index (χ1n) is 9.14. The van der Waals surface area contributed by atoms with Gasteiger partial charge in [0.25, 0.3) is 5.91 Å². The van der Waals surface area contributed by atoms with Gasteiger partial charge in [-0.05, 0) is 77.2 Å². The molecule has 0 saturated carbocycles. The number of hydrazone groups is 1. The Hall–Kier alpha value is -2.29. The van der Waals surface area contributed by atoms with E-state index in [2.05, 4.69) is 24.4 Å². The molecule has 0 radical (unpaired) electrons. The summed E-state index contributed by atoms with van der Waals surface area (Å²) in [5.74, 6) is 1.25. The van der Waals surface area contributed by atoms with Crippen LogP contribution < -0.4 is 14.9 Å². The van der Waals surface area contributed by atoms with Crippen molar-refractivity contribution in [3.8, 4) is 17.2 Å². The van der Waals surface area contributed by atoms with Crippen molar-refractivity contribution in [2.75, 3.05) is 13.2 Å². The number of phenolic OH excluding ortho intramolecular Hbond substituents is 1. The van der Waals surface area contributed by atoms with Crippen LogP contribution in [-0.4, -0.2) is 30.4 Å². The smallest absolute Gasteiger partial charge is 0.277 e. The van der Waals surface area contributed by atoms with Gasteiger partial charge in [0.2, 0.25) is 0 Å². The number of rotatable bonds is 9. The number of nitrogens with one attached hydrogen (secondary N) is 1. The number of aromatic hydroxyl groups is 1. The van der Waals surface area contributed by atoms with Crippen LogP contribution in [0, 0.1) is 3.57 Å². The topological polar surface area (TPSA) is 80.2 Å². The third kappa shape index (κ3) is 6.40. The minimum Gasteiger partial charge on any atom is -0.504 e. The van der Waals surface area contributed by atoms with Gasteiger partial charge in [-0.2, -0.15) is 5.10 Å². The van der Waals surface area contributed by atoms with E-state index in [9.17, 15) is 9.90 Å². The first-order valence-corrected chi connectivity index (χ1v) is 10.2. The Labute approximate surface area is 179 Å². The summed E-state index contributed by atoms with van der Waals surface area (Å²) in [7, 11) is 0. The third-order valence-corrected chi connectivity index (χ3v) is 5.01. The fourth-order valence-electron chi connectivity index (χ4n) is 2.42. The molecule has 2 N–H and O–H groups in total. The molecule has 0 aliphatic rings. The summed E-state index contributed by atoms with van der Waals surface area (Å²) in [5, 5.41) is 13.9. The zero-order valence-electron chi connectivity index (χ0n) is 16.2. The quantitative estimate of drug-likeness (QED) is 0.306. The molecule has 2 rings (SSSR count). The molecule has 1 unspecified atom stereocenters. The van der Waals surface area contributed by atoms with E-state index in [0.29, 0.717) is 33.2 Å². The molecule has 7 heteroatoms. The first-order chi connectivity index (χ1) is 13.4. The molecular formula is C21H25IN2O4. The number of hydrogen-bond donors (Lipinski definition) is 2. The highest BCUT2D eigenvalue weighted by Crippen LogP contribution is 2.32. The molecule has 0 aromatic heterocycles.